The molecule has 0 heterocycles. The molecule has 0 aliphatic heterocycles. The number of rotatable bonds is 5. The van der Waals surface area contributed by atoms with Crippen molar-refractivity contribution in [1.82, 2.24) is 0 Å². The van der Waals surface area contributed by atoms with Crippen molar-refractivity contribution in [3.63, 3.8) is 0 Å². The molecule has 0 radical (unpaired) electrons. The van der Waals surface area contributed by atoms with E-state index in [1.54, 1.807) is 30.3 Å². The van der Waals surface area contributed by atoms with Gasteiger partial charge in [-0.2, -0.15) is 0 Å². The molecule has 0 bridgehead atoms. The van der Waals surface area contributed by atoms with Gasteiger partial charge in [-0.25, -0.2) is 13.2 Å². The standard InChI is InChI=1S/C18H16O5S/c1-12(19)16(14-8-10-15(11-9-14)24(2,22)23)17(18(20)21)13-6-4-3-5-7-13/h3-11H,1-2H3,(H,20,21)/b17-16+. The van der Waals surface area contributed by atoms with Crippen molar-refractivity contribution in [2.45, 2.75) is 11.8 Å². The number of carboxylic acid groups (broad SMARTS) is 1. The Kier molecular flexibility index (Phi) is 4.99. The number of carboxylic acids is 1. The maximum atomic E-state index is 12.1. The Labute approximate surface area is 140 Å². The Morgan fingerprint density at radius 2 is 1.33 bits per heavy atom. The highest BCUT2D eigenvalue weighted by Gasteiger charge is 2.21. The highest BCUT2D eigenvalue weighted by molar-refractivity contribution is 7.90. The molecule has 0 saturated heterocycles. The van der Waals surface area contributed by atoms with Crippen molar-refractivity contribution >= 4 is 32.7 Å². The minimum absolute atomic E-state index is 0.0359. The summed E-state index contributed by atoms with van der Waals surface area (Å²) in [4.78, 5) is 23.9. The van der Waals surface area contributed by atoms with Crippen molar-refractivity contribution in [3.05, 3.63) is 65.7 Å². The highest BCUT2D eigenvalue weighted by Crippen LogP contribution is 2.28. The van der Waals surface area contributed by atoms with E-state index in [-0.39, 0.29) is 16.0 Å². The van der Waals surface area contributed by atoms with E-state index in [4.69, 9.17) is 0 Å². The third-order valence-corrected chi connectivity index (χ3v) is 4.58. The lowest BCUT2D eigenvalue weighted by Crippen LogP contribution is -2.08. The predicted molar refractivity (Wildman–Crippen MR) is 91.1 cm³/mol. The molecule has 0 spiro atoms. The topological polar surface area (TPSA) is 88.5 Å². The maximum absolute atomic E-state index is 12.1. The first-order valence-corrected chi connectivity index (χ1v) is 8.95. The van der Waals surface area contributed by atoms with Crippen LogP contribution in [0.1, 0.15) is 18.1 Å². The quantitative estimate of drug-likeness (QED) is 0.665. The maximum Gasteiger partial charge on any atom is 0.337 e. The molecule has 6 heteroatoms. The molecule has 0 saturated carbocycles. The van der Waals surface area contributed by atoms with Gasteiger partial charge in [0.05, 0.1) is 10.5 Å². The average Bonchev–Trinajstić information content (AvgIpc) is 2.52. The Morgan fingerprint density at radius 1 is 0.833 bits per heavy atom. The lowest BCUT2D eigenvalue weighted by molar-refractivity contribution is -0.130. The third-order valence-electron chi connectivity index (χ3n) is 3.45. The minimum atomic E-state index is -3.37. The molecule has 124 valence electrons. The molecule has 1 N–H and O–H groups in total. The monoisotopic (exact) mass is 344 g/mol. The van der Waals surface area contributed by atoms with Crippen LogP contribution in [-0.4, -0.2) is 31.5 Å². The average molecular weight is 344 g/mol. The van der Waals surface area contributed by atoms with Gasteiger partial charge in [0.2, 0.25) is 0 Å². The number of benzene rings is 2. The summed E-state index contributed by atoms with van der Waals surface area (Å²) in [6.07, 6.45) is 1.08. The number of ketones is 1. The zero-order valence-corrected chi connectivity index (χ0v) is 14.0. The summed E-state index contributed by atoms with van der Waals surface area (Å²) in [5.41, 5.74) is 0.683. The van der Waals surface area contributed by atoms with Crippen LogP contribution in [0.2, 0.25) is 0 Å². The van der Waals surface area contributed by atoms with Crippen molar-refractivity contribution in [3.8, 4) is 0 Å². The van der Waals surface area contributed by atoms with Crippen LogP contribution in [0.3, 0.4) is 0 Å². The molecule has 0 amide bonds. The van der Waals surface area contributed by atoms with Gasteiger partial charge in [-0.15, -0.1) is 0 Å². The number of Topliss-reactive ketones (excluding diaryl/α,β-unsaturated/α-hetero) is 1. The van der Waals surface area contributed by atoms with Gasteiger partial charge in [-0.1, -0.05) is 42.5 Å². The lowest BCUT2D eigenvalue weighted by Gasteiger charge is -2.11. The predicted octanol–water partition coefficient (Wildman–Crippen LogP) is 2.67. The van der Waals surface area contributed by atoms with E-state index in [0.717, 1.165) is 6.26 Å². The number of aliphatic carboxylic acids is 1. The summed E-state index contributed by atoms with van der Waals surface area (Å²) >= 11 is 0. The van der Waals surface area contributed by atoms with E-state index < -0.39 is 21.6 Å². The van der Waals surface area contributed by atoms with Crippen LogP contribution in [-0.2, 0) is 19.4 Å². The first-order chi connectivity index (χ1) is 11.2. The van der Waals surface area contributed by atoms with E-state index in [1.165, 1.54) is 31.2 Å². The smallest absolute Gasteiger partial charge is 0.337 e. The third kappa shape index (κ3) is 3.78. The van der Waals surface area contributed by atoms with E-state index >= 15 is 0 Å². The molecule has 0 aliphatic rings. The van der Waals surface area contributed by atoms with Gasteiger partial charge in [-0.05, 0) is 30.2 Å². The van der Waals surface area contributed by atoms with Gasteiger partial charge in [0, 0.05) is 11.8 Å². The van der Waals surface area contributed by atoms with Gasteiger partial charge >= 0.3 is 5.97 Å². The lowest BCUT2D eigenvalue weighted by atomic mass is 9.92. The van der Waals surface area contributed by atoms with Crippen LogP contribution >= 0.6 is 0 Å². The summed E-state index contributed by atoms with van der Waals surface area (Å²) < 4.78 is 23.1. The number of sulfone groups is 1. The molecule has 0 fully saturated rings. The number of carbonyl (C=O) groups is 2. The van der Waals surface area contributed by atoms with Gasteiger partial charge in [-0.3, -0.25) is 4.79 Å². The van der Waals surface area contributed by atoms with Crippen LogP contribution in [0.5, 0.6) is 0 Å². The van der Waals surface area contributed by atoms with Gasteiger partial charge in [0.1, 0.15) is 0 Å². The molecule has 0 aromatic heterocycles. The second kappa shape index (κ2) is 6.80. The van der Waals surface area contributed by atoms with Crippen molar-refractivity contribution in [1.29, 1.82) is 0 Å². The highest BCUT2D eigenvalue weighted by atomic mass is 32.2. The summed E-state index contributed by atoms with van der Waals surface area (Å²) in [6, 6.07) is 13.9. The second-order valence-electron chi connectivity index (χ2n) is 5.27. The second-order valence-corrected chi connectivity index (χ2v) is 7.29. The number of carbonyl (C=O) groups excluding carboxylic acids is 1. The van der Waals surface area contributed by atoms with E-state index in [0.29, 0.717) is 11.1 Å². The Morgan fingerprint density at radius 3 is 1.75 bits per heavy atom. The first kappa shape index (κ1) is 17.6. The molecule has 2 aromatic rings. The summed E-state index contributed by atoms with van der Waals surface area (Å²) in [5, 5.41) is 9.59. The zero-order chi connectivity index (χ0) is 17.9. The van der Waals surface area contributed by atoms with Crippen molar-refractivity contribution < 1.29 is 23.1 Å². The zero-order valence-electron chi connectivity index (χ0n) is 13.2. The Hall–Kier alpha value is -2.73. The largest absolute Gasteiger partial charge is 0.478 e. The molecule has 2 rings (SSSR count). The van der Waals surface area contributed by atoms with Crippen LogP contribution in [0.15, 0.2) is 59.5 Å². The van der Waals surface area contributed by atoms with E-state index in [2.05, 4.69) is 0 Å². The Bertz CT molecular complexity index is 908. The summed E-state index contributed by atoms with van der Waals surface area (Å²) in [7, 11) is -3.37. The SMILES string of the molecule is CC(=O)/C(=C(\C(=O)O)c1ccccc1)c1ccc(S(C)(=O)=O)cc1. The molecule has 2 aromatic carbocycles. The van der Waals surface area contributed by atoms with Crippen LogP contribution in [0, 0.1) is 0 Å². The van der Waals surface area contributed by atoms with Gasteiger partial charge in [0.25, 0.3) is 0 Å². The molecule has 0 unspecified atom stereocenters. The van der Waals surface area contributed by atoms with Crippen LogP contribution in [0.25, 0.3) is 11.1 Å². The molecule has 24 heavy (non-hydrogen) atoms. The van der Waals surface area contributed by atoms with Crippen LogP contribution in [0.4, 0.5) is 0 Å². The minimum Gasteiger partial charge on any atom is -0.478 e. The molecule has 0 aliphatic carbocycles. The fourth-order valence-corrected chi connectivity index (χ4v) is 3.00. The van der Waals surface area contributed by atoms with E-state index in [1.807, 2.05) is 0 Å². The van der Waals surface area contributed by atoms with E-state index in [9.17, 15) is 23.1 Å². The summed E-state index contributed by atoms with van der Waals surface area (Å²) in [6.45, 7) is 1.28. The number of hydrogen-bond donors (Lipinski definition) is 1. The number of allylic oxidation sites excluding steroid dienone is 1. The molecular weight excluding hydrogens is 328 g/mol. The molecule has 5 nitrogen and oxygen atoms in total. The van der Waals surface area contributed by atoms with Crippen LogP contribution < -0.4 is 0 Å². The molecule has 0 atom stereocenters. The number of hydrogen-bond acceptors (Lipinski definition) is 4. The normalized spacial score (nSPS) is 12.4. The fourth-order valence-electron chi connectivity index (χ4n) is 2.37. The fraction of sp³-hybridized carbons (Fsp3) is 0.111. The van der Waals surface area contributed by atoms with Crippen molar-refractivity contribution in [2.24, 2.45) is 0 Å². The van der Waals surface area contributed by atoms with Gasteiger partial charge in [0.15, 0.2) is 15.6 Å². The first-order valence-electron chi connectivity index (χ1n) is 7.06. The van der Waals surface area contributed by atoms with Crippen molar-refractivity contribution in [2.75, 3.05) is 6.26 Å². The summed E-state index contributed by atoms with van der Waals surface area (Å²) in [5.74, 6) is -1.64. The van der Waals surface area contributed by atoms with Gasteiger partial charge < -0.3 is 5.11 Å². The Balaban J connectivity index is 2.71. The molecular formula is C18H16O5S.